The average Bonchev–Trinajstić information content (AvgIpc) is 3.13. The van der Waals surface area contributed by atoms with E-state index in [1.807, 2.05) is 32.3 Å². The summed E-state index contributed by atoms with van der Waals surface area (Å²) < 4.78 is 26.5. The number of nitrogens with zero attached hydrogens (tertiary/aromatic N) is 3. The van der Waals surface area contributed by atoms with E-state index in [1.165, 1.54) is 23.5 Å². The Balaban J connectivity index is 0.00000341. The van der Waals surface area contributed by atoms with Gasteiger partial charge in [0.05, 0.1) is 20.9 Å². The third-order valence-electron chi connectivity index (χ3n) is 4.62. The van der Waals surface area contributed by atoms with E-state index < -0.39 is 9.84 Å². The fraction of sp³-hybridized carbons (Fsp3) is 0.333. The minimum atomic E-state index is -3.39. The van der Waals surface area contributed by atoms with Gasteiger partial charge in [-0.25, -0.2) is 13.4 Å². The average molecular weight is 547 g/mol. The number of halogens is 2. The number of hydrogen-bond acceptors (Lipinski definition) is 6. The van der Waals surface area contributed by atoms with Crippen molar-refractivity contribution >= 4 is 70.8 Å². The van der Waals surface area contributed by atoms with E-state index in [2.05, 4.69) is 25.8 Å². The largest absolute Gasteiger partial charge is 0.309 e. The van der Waals surface area contributed by atoms with Gasteiger partial charge < -0.3 is 4.90 Å². The van der Waals surface area contributed by atoms with Crippen molar-refractivity contribution in [1.29, 1.82) is 0 Å². The van der Waals surface area contributed by atoms with E-state index in [0.717, 1.165) is 27.7 Å². The maximum Gasteiger partial charge on any atom is 0.260 e. The lowest BCUT2D eigenvalue weighted by atomic mass is 10.2. The normalized spacial score (nSPS) is 11.5. The maximum absolute atomic E-state index is 13.4. The van der Waals surface area contributed by atoms with Crippen molar-refractivity contribution in [1.82, 2.24) is 9.88 Å². The summed E-state index contributed by atoms with van der Waals surface area (Å²) in [5, 5.41) is 0.607. The van der Waals surface area contributed by atoms with Crippen LogP contribution in [0.15, 0.2) is 51.8 Å². The van der Waals surface area contributed by atoms with Crippen LogP contribution >= 0.6 is 39.7 Å². The monoisotopic (exact) mass is 545 g/mol. The number of sulfone groups is 1. The standard InChI is InChI=1S/C21H24BrN3O3S2.ClH/c1-4-30(27,28)17-8-5-7-15(13-17)20(26)25(12-6-11-24(2)3)21-23-18-10-9-16(22)14-19(18)29-21;/h5,7-10,13-14H,4,6,11-12H2,1-3H3;1H. The predicted octanol–water partition coefficient (Wildman–Crippen LogP) is 4.87. The molecule has 0 aliphatic rings. The van der Waals surface area contributed by atoms with Crippen molar-refractivity contribution in [3.05, 3.63) is 52.5 Å². The van der Waals surface area contributed by atoms with E-state index in [0.29, 0.717) is 17.2 Å². The first-order chi connectivity index (χ1) is 14.2. The Labute approximate surface area is 201 Å². The van der Waals surface area contributed by atoms with E-state index >= 15 is 0 Å². The molecule has 0 fully saturated rings. The van der Waals surface area contributed by atoms with Crippen LogP contribution in [0, 0.1) is 0 Å². The van der Waals surface area contributed by atoms with Gasteiger partial charge in [-0.3, -0.25) is 9.69 Å². The molecule has 1 aromatic heterocycles. The van der Waals surface area contributed by atoms with Gasteiger partial charge in [0.15, 0.2) is 15.0 Å². The van der Waals surface area contributed by atoms with Crippen LogP contribution in [0.3, 0.4) is 0 Å². The number of thiazole rings is 1. The van der Waals surface area contributed by atoms with E-state index in [4.69, 9.17) is 0 Å². The summed E-state index contributed by atoms with van der Waals surface area (Å²) in [6.07, 6.45) is 0.769. The lowest BCUT2D eigenvalue weighted by molar-refractivity contribution is 0.0986. The second-order valence-electron chi connectivity index (χ2n) is 7.15. The number of rotatable bonds is 8. The van der Waals surface area contributed by atoms with E-state index in [-0.39, 0.29) is 29.0 Å². The highest BCUT2D eigenvalue weighted by Crippen LogP contribution is 2.32. The number of benzene rings is 2. The molecule has 3 aromatic rings. The maximum atomic E-state index is 13.4. The molecule has 6 nitrogen and oxygen atoms in total. The quantitative estimate of drug-likeness (QED) is 0.403. The van der Waals surface area contributed by atoms with Gasteiger partial charge >= 0.3 is 0 Å². The molecule has 3 rings (SSSR count). The van der Waals surface area contributed by atoms with Gasteiger partial charge in [-0.2, -0.15) is 0 Å². The molecule has 0 atom stereocenters. The zero-order chi connectivity index (χ0) is 21.9. The van der Waals surface area contributed by atoms with E-state index in [1.54, 1.807) is 24.0 Å². The van der Waals surface area contributed by atoms with Crippen LogP contribution in [0.5, 0.6) is 0 Å². The third kappa shape index (κ3) is 6.26. The Morgan fingerprint density at radius 3 is 2.55 bits per heavy atom. The number of amides is 1. The van der Waals surface area contributed by atoms with Gasteiger partial charge in [-0.1, -0.05) is 40.3 Å². The van der Waals surface area contributed by atoms with Gasteiger partial charge in [-0.05, 0) is 63.5 Å². The first-order valence-electron chi connectivity index (χ1n) is 9.57. The molecule has 0 N–H and O–H groups in total. The first kappa shape index (κ1) is 25.7. The van der Waals surface area contributed by atoms with E-state index in [9.17, 15) is 13.2 Å². The molecule has 31 heavy (non-hydrogen) atoms. The fourth-order valence-corrected chi connectivity index (χ4v) is 5.44. The molecule has 0 aliphatic carbocycles. The summed E-state index contributed by atoms with van der Waals surface area (Å²) in [6.45, 7) is 2.91. The number of carbonyl (C=O) groups is 1. The molecule has 10 heteroatoms. The lowest BCUT2D eigenvalue weighted by Gasteiger charge is -2.21. The SMILES string of the molecule is CCS(=O)(=O)c1cccc(C(=O)N(CCCN(C)C)c2nc3ccc(Br)cc3s2)c1.Cl. The molecular formula is C21H25BrClN3O3S2. The van der Waals surface area contributed by atoms with Crippen molar-refractivity contribution in [2.45, 2.75) is 18.2 Å². The molecule has 0 saturated heterocycles. The Hall–Kier alpha value is -1.52. The summed E-state index contributed by atoms with van der Waals surface area (Å²) >= 11 is 4.92. The second-order valence-corrected chi connectivity index (χ2v) is 11.4. The minimum absolute atomic E-state index is 0. The van der Waals surface area contributed by atoms with Gasteiger partial charge in [-0.15, -0.1) is 12.4 Å². The van der Waals surface area contributed by atoms with Crippen LogP contribution in [-0.4, -0.2) is 57.1 Å². The minimum Gasteiger partial charge on any atom is -0.309 e. The number of hydrogen-bond donors (Lipinski definition) is 0. The Kier molecular flexibility index (Phi) is 9.03. The van der Waals surface area contributed by atoms with Crippen LogP contribution in [0.4, 0.5) is 5.13 Å². The summed E-state index contributed by atoms with van der Waals surface area (Å²) in [7, 11) is 0.579. The van der Waals surface area contributed by atoms with Crippen molar-refractivity contribution in [2.75, 3.05) is 37.8 Å². The molecule has 0 radical (unpaired) electrons. The van der Waals surface area contributed by atoms with Gasteiger partial charge in [0.1, 0.15) is 0 Å². The van der Waals surface area contributed by atoms with Gasteiger partial charge in [0.2, 0.25) is 0 Å². The predicted molar refractivity (Wildman–Crippen MR) is 134 cm³/mol. The van der Waals surface area contributed by atoms with Crippen molar-refractivity contribution in [2.24, 2.45) is 0 Å². The summed E-state index contributed by atoms with van der Waals surface area (Å²) in [4.78, 5) is 21.9. The number of aromatic nitrogens is 1. The fourth-order valence-electron chi connectivity index (χ4n) is 2.98. The molecule has 0 spiro atoms. The molecular weight excluding hydrogens is 522 g/mol. The first-order valence-corrected chi connectivity index (χ1v) is 12.8. The van der Waals surface area contributed by atoms with Crippen LogP contribution in [-0.2, 0) is 9.84 Å². The molecule has 0 saturated carbocycles. The molecule has 0 unspecified atom stereocenters. The van der Waals surface area contributed by atoms with Gasteiger partial charge in [0, 0.05) is 16.6 Å². The smallest absolute Gasteiger partial charge is 0.260 e. The highest BCUT2D eigenvalue weighted by atomic mass is 79.9. The van der Waals surface area contributed by atoms with Crippen LogP contribution < -0.4 is 4.90 Å². The molecule has 0 aliphatic heterocycles. The van der Waals surface area contributed by atoms with Crippen LogP contribution in [0.25, 0.3) is 10.2 Å². The van der Waals surface area contributed by atoms with Crippen LogP contribution in [0.1, 0.15) is 23.7 Å². The topological polar surface area (TPSA) is 70.6 Å². The van der Waals surface area contributed by atoms with Crippen molar-refractivity contribution in [3.8, 4) is 0 Å². The molecule has 168 valence electrons. The molecule has 2 aromatic carbocycles. The third-order valence-corrected chi connectivity index (χ3v) is 7.89. The Morgan fingerprint density at radius 1 is 1.13 bits per heavy atom. The van der Waals surface area contributed by atoms with Crippen molar-refractivity contribution < 1.29 is 13.2 Å². The number of fused-ring (bicyclic) bond motifs is 1. The lowest BCUT2D eigenvalue weighted by Crippen LogP contribution is -2.33. The molecule has 1 amide bonds. The number of carbonyl (C=O) groups excluding carboxylic acids is 1. The highest BCUT2D eigenvalue weighted by Gasteiger charge is 2.23. The second kappa shape index (κ2) is 10.9. The molecule has 0 bridgehead atoms. The summed E-state index contributed by atoms with van der Waals surface area (Å²) in [5.41, 5.74) is 1.17. The van der Waals surface area contributed by atoms with Gasteiger partial charge in [0.25, 0.3) is 5.91 Å². The number of anilines is 1. The molecule has 1 heterocycles. The van der Waals surface area contributed by atoms with Crippen LogP contribution in [0.2, 0.25) is 0 Å². The summed E-state index contributed by atoms with van der Waals surface area (Å²) in [5.74, 6) is -0.260. The van der Waals surface area contributed by atoms with Crippen molar-refractivity contribution in [3.63, 3.8) is 0 Å². The Bertz CT molecular complexity index is 1170. The summed E-state index contributed by atoms with van der Waals surface area (Å²) in [6, 6.07) is 12.1. The zero-order valence-electron chi connectivity index (χ0n) is 17.5. The zero-order valence-corrected chi connectivity index (χ0v) is 21.6. The highest BCUT2D eigenvalue weighted by molar-refractivity contribution is 9.10. The Morgan fingerprint density at radius 2 is 1.87 bits per heavy atom.